The number of phenolic OH excluding ortho intramolecular Hbond substituents is 2. The molecule has 0 radical (unpaired) electrons. The lowest BCUT2D eigenvalue weighted by molar-refractivity contribution is 0.0985. The predicted molar refractivity (Wildman–Crippen MR) is 86.4 cm³/mol. The summed E-state index contributed by atoms with van der Waals surface area (Å²) in [6.45, 7) is 4.38. The molecular weight excluding hydrogens is 276 g/mol. The van der Waals surface area contributed by atoms with E-state index in [1.165, 1.54) is 0 Å². The van der Waals surface area contributed by atoms with Crippen LogP contribution in [0.25, 0.3) is 0 Å². The Balaban J connectivity index is 2.01. The molecule has 0 saturated carbocycles. The Labute approximate surface area is 131 Å². The molecule has 2 N–H and O–H groups in total. The smallest absolute Gasteiger partial charge is 0.127 e. The van der Waals surface area contributed by atoms with Crippen molar-refractivity contribution < 1.29 is 14.9 Å². The molecule has 0 amide bonds. The molecule has 0 saturated heterocycles. The third-order valence-electron chi connectivity index (χ3n) is 4.58. The van der Waals surface area contributed by atoms with Crippen LogP contribution >= 0.6 is 0 Å². The highest BCUT2D eigenvalue weighted by atomic mass is 16.5. The molecule has 0 fully saturated rings. The first kappa shape index (κ1) is 14.8. The highest BCUT2D eigenvalue weighted by molar-refractivity contribution is 5.45. The van der Waals surface area contributed by atoms with E-state index in [1.54, 1.807) is 18.2 Å². The van der Waals surface area contributed by atoms with Crippen molar-refractivity contribution in [1.29, 1.82) is 0 Å². The zero-order chi connectivity index (χ0) is 15.7. The first-order chi connectivity index (χ1) is 10.6. The minimum atomic E-state index is -0.0332. The number of hydrogen-bond donors (Lipinski definition) is 2. The van der Waals surface area contributed by atoms with Gasteiger partial charge in [-0.15, -0.1) is 0 Å². The summed E-state index contributed by atoms with van der Waals surface area (Å²) in [4.78, 5) is 0. The number of benzene rings is 2. The monoisotopic (exact) mass is 298 g/mol. The molecular formula is C19H22O3. The quantitative estimate of drug-likeness (QED) is 0.859. The van der Waals surface area contributed by atoms with Crippen LogP contribution in [-0.4, -0.2) is 10.2 Å². The van der Waals surface area contributed by atoms with Gasteiger partial charge in [-0.1, -0.05) is 32.4 Å². The van der Waals surface area contributed by atoms with Crippen molar-refractivity contribution in [2.45, 2.75) is 38.7 Å². The lowest BCUT2D eigenvalue weighted by atomic mass is 9.76. The van der Waals surface area contributed by atoms with Gasteiger partial charge in [0.2, 0.25) is 0 Å². The van der Waals surface area contributed by atoms with Crippen LogP contribution in [0.4, 0.5) is 0 Å². The molecule has 1 aliphatic rings. The zero-order valence-electron chi connectivity index (χ0n) is 13.0. The van der Waals surface area contributed by atoms with E-state index < -0.39 is 0 Å². The van der Waals surface area contributed by atoms with Crippen molar-refractivity contribution in [2.75, 3.05) is 0 Å². The maximum absolute atomic E-state index is 9.79. The van der Waals surface area contributed by atoms with E-state index in [-0.39, 0.29) is 11.9 Å². The topological polar surface area (TPSA) is 49.7 Å². The van der Waals surface area contributed by atoms with Crippen LogP contribution in [0.15, 0.2) is 42.5 Å². The zero-order valence-corrected chi connectivity index (χ0v) is 13.0. The summed E-state index contributed by atoms with van der Waals surface area (Å²) in [6, 6.07) is 12.6. The van der Waals surface area contributed by atoms with Crippen LogP contribution in [0.5, 0.6) is 17.2 Å². The summed E-state index contributed by atoms with van der Waals surface area (Å²) in [5.74, 6) is 2.08. The molecule has 22 heavy (non-hydrogen) atoms. The maximum atomic E-state index is 9.79. The molecule has 116 valence electrons. The van der Waals surface area contributed by atoms with E-state index in [0.29, 0.717) is 17.6 Å². The molecule has 0 aromatic heterocycles. The molecule has 3 heteroatoms. The van der Waals surface area contributed by atoms with Gasteiger partial charge in [0.15, 0.2) is 0 Å². The van der Waals surface area contributed by atoms with Crippen LogP contribution in [0.1, 0.15) is 49.8 Å². The van der Waals surface area contributed by atoms with E-state index in [9.17, 15) is 10.2 Å². The van der Waals surface area contributed by atoms with Crippen molar-refractivity contribution in [1.82, 2.24) is 0 Å². The molecule has 3 unspecified atom stereocenters. The summed E-state index contributed by atoms with van der Waals surface area (Å²) in [7, 11) is 0. The fraction of sp³-hybridized carbons (Fsp3) is 0.368. The van der Waals surface area contributed by atoms with Gasteiger partial charge in [-0.25, -0.2) is 0 Å². The van der Waals surface area contributed by atoms with Crippen LogP contribution in [0.3, 0.4) is 0 Å². The molecule has 1 heterocycles. The first-order valence-corrected chi connectivity index (χ1v) is 7.88. The predicted octanol–water partition coefficient (Wildman–Crippen LogP) is 4.75. The Morgan fingerprint density at radius 2 is 1.68 bits per heavy atom. The second-order valence-electron chi connectivity index (χ2n) is 6.11. The molecule has 2 aromatic rings. The summed E-state index contributed by atoms with van der Waals surface area (Å²) < 4.78 is 6.21. The van der Waals surface area contributed by atoms with Crippen molar-refractivity contribution in [3.8, 4) is 17.2 Å². The van der Waals surface area contributed by atoms with Gasteiger partial charge in [0, 0.05) is 11.5 Å². The van der Waals surface area contributed by atoms with Gasteiger partial charge in [0.25, 0.3) is 0 Å². The average molecular weight is 298 g/mol. The van der Waals surface area contributed by atoms with Crippen molar-refractivity contribution >= 4 is 0 Å². The second kappa shape index (κ2) is 5.91. The molecule has 3 atom stereocenters. The highest BCUT2D eigenvalue weighted by Gasteiger charge is 2.35. The fourth-order valence-electron chi connectivity index (χ4n) is 3.44. The van der Waals surface area contributed by atoms with Gasteiger partial charge in [0.1, 0.15) is 23.4 Å². The van der Waals surface area contributed by atoms with Crippen LogP contribution in [0.2, 0.25) is 0 Å². The molecule has 0 spiro atoms. The summed E-state index contributed by atoms with van der Waals surface area (Å²) in [5, 5.41) is 19.3. The summed E-state index contributed by atoms with van der Waals surface area (Å²) in [5.41, 5.74) is 2.18. The molecule has 3 nitrogen and oxygen atoms in total. The highest BCUT2D eigenvalue weighted by Crippen LogP contribution is 2.48. The second-order valence-corrected chi connectivity index (χ2v) is 6.11. The number of hydrogen-bond acceptors (Lipinski definition) is 3. The minimum Gasteiger partial charge on any atom is -0.508 e. The number of ether oxygens (including phenoxy) is 1. The van der Waals surface area contributed by atoms with Crippen LogP contribution in [0, 0.1) is 5.92 Å². The Morgan fingerprint density at radius 3 is 2.36 bits per heavy atom. The van der Waals surface area contributed by atoms with E-state index in [4.69, 9.17) is 4.74 Å². The molecule has 3 rings (SSSR count). The van der Waals surface area contributed by atoms with Gasteiger partial charge in [-0.3, -0.25) is 0 Å². The Hall–Kier alpha value is -2.16. The van der Waals surface area contributed by atoms with Gasteiger partial charge in [0.05, 0.1) is 0 Å². The lowest BCUT2D eigenvalue weighted by Gasteiger charge is -2.38. The normalized spacial score (nSPS) is 23.6. The number of aromatic hydroxyl groups is 2. The molecule has 0 bridgehead atoms. The van der Waals surface area contributed by atoms with Crippen LogP contribution in [-0.2, 0) is 0 Å². The SMILES string of the molecule is CCCC1c2cc(O)ccc2OC(c2ccc(O)cc2)C1C. The van der Waals surface area contributed by atoms with Crippen molar-refractivity contribution in [3.05, 3.63) is 53.6 Å². The van der Waals surface area contributed by atoms with Gasteiger partial charge in [-0.05, 0) is 48.2 Å². The van der Waals surface area contributed by atoms with Gasteiger partial charge >= 0.3 is 0 Å². The van der Waals surface area contributed by atoms with E-state index in [0.717, 1.165) is 29.7 Å². The fourth-order valence-corrected chi connectivity index (χ4v) is 3.44. The minimum absolute atomic E-state index is 0.0332. The van der Waals surface area contributed by atoms with Gasteiger partial charge in [-0.2, -0.15) is 0 Å². The van der Waals surface area contributed by atoms with Gasteiger partial charge < -0.3 is 14.9 Å². The molecule has 1 aliphatic heterocycles. The number of fused-ring (bicyclic) bond motifs is 1. The number of phenols is 2. The standard InChI is InChI=1S/C19H22O3/c1-3-4-16-12(2)19(13-5-7-14(20)8-6-13)22-18-10-9-15(21)11-17(16)18/h5-12,16,19-21H,3-4H2,1-2H3. The Bertz CT molecular complexity index is 648. The Kier molecular flexibility index (Phi) is 3.97. The van der Waals surface area contributed by atoms with Crippen molar-refractivity contribution in [3.63, 3.8) is 0 Å². The number of rotatable bonds is 3. The Morgan fingerprint density at radius 1 is 1.00 bits per heavy atom. The summed E-state index contributed by atoms with van der Waals surface area (Å²) in [6.07, 6.45) is 2.12. The average Bonchev–Trinajstić information content (AvgIpc) is 2.51. The first-order valence-electron chi connectivity index (χ1n) is 7.88. The molecule has 2 aromatic carbocycles. The van der Waals surface area contributed by atoms with Crippen LogP contribution < -0.4 is 4.74 Å². The van der Waals surface area contributed by atoms with E-state index >= 15 is 0 Å². The third kappa shape index (κ3) is 2.63. The van der Waals surface area contributed by atoms with Crippen molar-refractivity contribution in [2.24, 2.45) is 5.92 Å². The largest absolute Gasteiger partial charge is 0.508 e. The third-order valence-corrected chi connectivity index (χ3v) is 4.58. The molecule has 0 aliphatic carbocycles. The summed E-state index contributed by atoms with van der Waals surface area (Å²) >= 11 is 0. The lowest BCUT2D eigenvalue weighted by Crippen LogP contribution is -2.28. The van der Waals surface area contributed by atoms with E-state index in [2.05, 4.69) is 13.8 Å². The van der Waals surface area contributed by atoms with E-state index in [1.807, 2.05) is 24.3 Å². The maximum Gasteiger partial charge on any atom is 0.127 e.